The number of aryl methyl sites for hydroxylation is 1. The molecule has 0 saturated carbocycles. The largest absolute Gasteiger partial charge is 0.288 e. The Hall–Kier alpha value is -0.660. The van der Waals surface area contributed by atoms with Crippen molar-refractivity contribution < 1.29 is 13.2 Å². The van der Waals surface area contributed by atoms with Crippen LogP contribution in [0.25, 0.3) is 0 Å². The molecule has 17 heavy (non-hydrogen) atoms. The Balaban J connectivity index is 2.10. The zero-order valence-electron chi connectivity index (χ0n) is 9.09. The Bertz CT molecular complexity index is 540. The standard InChI is InChI=1S/C9H11ClN2O3S2/c1-6-3-11-9(16-6)12-4-7(2-8(12)13)5-17(10,14)15/h3,7H,2,4-5H2,1H3. The Kier molecular flexibility index (Phi) is 3.42. The lowest BCUT2D eigenvalue weighted by molar-refractivity contribution is -0.117. The van der Waals surface area contributed by atoms with Crippen LogP contribution in [-0.4, -0.2) is 31.6 Å². The van der Waals surface area contributed by atoms with Gasteiger partial charge in [0.1, 0.15) is 0 Å². The molecule has 1 aliphatic heterocycles. The number of carbonyl (C=O) groups is 1. The molecule has 0 aromatic carbocycles. The van der Waals surface area contributed by atoms with Crippen molar-refractivity contribution in [1.29, 1.82) is 0 Å². The normalized spacial score (nSPS) is 21.2. The number of hydrogen-bond donors (Lipinski definition) is 0. The molecule has 94 valence electrons. The van der Waals surface area contributed by atoms with E-state index in [2.05, 4.69) is 4.98 Å². The van der Waals surface area contributed by atoms with Gasteiger partial charge in [0, 0.05) is 40.6 Å². The number of carbonyl (C=O) groups excluding carboxylic acids is 1. The summed E-state index contributed by atoms with van der Waals surface area (Å²) in [5.74, 6) is -0.500. The van der Waals surface area contributed by atoms with Crippen LogP contribution in [0.15, 0.2) is 6.20 Å². The van der Waals surface area contributed by atoms with E-state index in [0.29, 0.717) is 11.7 Å². The maximum atomic E-state index is 11.7. The number of thiazole rings is 1. The third-order valence-corrected chi connectivity index (χ3v) is 4.66. The number of hydrogen-bond acceptors (Lipinski definition) is 5. The smallest absolute Gasteiger partial charge is 0.232 e. The number of rotatable bonds is 3. The van der Waals surface area contributed by atoms with Crippen LogP contribution in [0, 0.1) is 12.8 Å². The van der Waals surface area contributed by atoms with Crippen LogP contribution in [0.2, 0.25) is 0 Å². The number of anilines is 1. The van der Waals surface area contributed by atoms with Crippen molar-refractivity contribution in [2.45, 2.75) is 13.3 Å². The SMILES string of the molecule is Cc1cnc(N2CC(CS(=O)(=O)Cl)CC2=O)s1. The highest BCUT2D eigenvalue weighted by molar-refractivity contribution is 8.13. The van der Waals surface area contributed by atoms with E-state index in [1.165, 1.54) is 16.2 Å². The Morgan fingerprint density at radius 2 is 2.35 bits per heavy atom. The molecule has 1 unspecified atom stereocenters. The molecule has 0 spiro atoms. The van der Waals surface area contributed by atoms with Crippen LogP contribution < -0.4 is 4.90 Å². The van der Waals surface area contributed by atoms with Crippen LogP contribution in [-0.2, 0) is 13.8 Å². The summed E-state index contributed by atoms with van der Waals surface area (Å²) in [5.41, 5.74) is 0. The van der Waals surface area contributed by atoms with E-state index in [1.807, 2.05) is 6.92 Å². The zero-order valence-corrected chi connectivity index (χ0v) is 11.5. The monoisotopic (exact) mass is 294 g/mol. The second kappa shape index (κ2) is 4.55. The topological polar surface area (TPSA) is 67.3 Å². The van der Waals surface area contributed by atoms with Crippen molar-refractivity contribution in [3.63, 3.8) is 0 Å². The van der Waals surface area contributed by atoms with Crippen molar-refractivity contribution in [3.05, 3.63) is 11.1 Å². The molecule has 1 aromatic rings. The number of nitrogens with zero attached hydrogens (tertiary/aromatic N) is 2. The van der Waals surface area contributed by atoms with Gasteiger partial charge in [-0.15, -0.1) is 11.3 Å². The second-order valence-electron chi connectivity index (χ2n) is 4.03. The molecule has 2 heterocycles. The molecule has 1 amide bonds. The summed E-state index contributed by atoms with van der Waals surface area (Å²) >= 11 is 1.42. The van der Waals surface area contributed by atoms with Gasteiger partial charge in [-0.1, -0.05) is 0 Å². The van der Waals surface area contributed by atoms with E-state index in [1.54, 1.807) is 6.20 Å². The zero-order chi connectivity index (χ0) is 12.6. The van der Waals surface area contributed by atoms with E-state index in [9.17, 15) is 13.2 Å². The van der Waals surface area contributed by atoms with Crippen LogP contribution in [0.3, 0.4) is 0 Å². The first-order valence-electron chi connectivity index (χ1n) is 5.00. The predicted octanol–water partition coefficient (Wildman–Crippen LogP) is 1.37. The summed E-state index contributed by atoms with van der Waals surface area (Å²) in [6.45, 7) is 2.28. The molecule has 0 radical (unpaired) electrons. The van der Waals surface area contributed by atoms with Gasteiger partial charge in [0.05, 0.1) is 5.75 Å². The molecule has 1 aliphatic rings. The molecule has 8 heteroatoms. The summed E-state index contributed by atoms with van der Waals surface area (Å²) < 4.78 is 21.9. The third-order valence-electron chi connectivity index (χ3n) is 2.48. The molecule has 1 fully saturated rings. The number of amides is 1. The highest BCUT2D eigenvalue weighted by atomic mass is 35.7. The first-order valence-corrected chi connectivity index (χ1v) is 8.30. The van der Waals surface area contributed by atoms with E-state index >= 15 is 0 Å². The lowest BCUT2D eigenvalue weighted by Crippen LogP contribution is -2.25. The first-order chi connectivity index (χ1) is 7.85. The molecular weight excluding hydrogens is 284 g/mol. The summed E-state index contributed by atoms with van der Waals surface area (Å²) in [6.07, 6.45) is 1.91. The molecule has 1 aromatic heterocycles. The average Bonchev–Trinajstić information content (AvgIpc) is 2.70. The summed E-state index contributed by atoms with van der Waals surface area (Å²) in [6, 6.07) is 0. The fraction of sp³-hybridized carbons (Fsp3) is 0.556. The first kappa shape index (κ1) is 12.8. The second-order valence-corrected chi connectivity index (χ2v) is 8.07. The van der Waals surface area contributed by atoms with Crippen molar-refractivity contribution in [2.24, 2.45) is 5.92 Å². The maximum Gasteiger partial charge on any atom is 0.232 e. The number of aromatic nitrogens is 1. The van der Waals surface area contributed by atoms with Gasteiger partial charge in [0.15, 0.2) is 5.13 Å². The van der Waals surface area contributed by atoms with Crippen LogP contribution in [0.5, 0.6) is 0 Å². The fourth-order valence-corrected chi connectivity index (χ4v) is 3.93. The Labute approximate surface area is 108 Å². The molecule has 1 atom stereocenters. The van der Waals surface area contributed by atoms with Crippen molar-refractivity contribution in [3.8, 4) is 0 Å². The molecule has 0 aliphatic carbocycles. The van der Waals surface area contributed by atoms with Gasteiger partial charge in [-0.25, -0.2) is 13.4 Å². The summed E-state index contributed by atoms with van der Waals surface area (Å²) in [4.78, 5) is 18.4. The Morgan fingerprint density at radius 3 is 2.88 bits per heavy atom. The Morgan fingerprint density at radius 1 is 1.65 bits per heavy atom. The van der Waals surface area contributed by atoms with Crippen molar-refractivity contribution >= 4 is 42.1 Å². The third kappa shape index (κ3) is 3.17. The lowest BCUT2D eigenvalue weighted by atomic mass is 10.1. The van der Waals surface area contributed by atoms with Crippen LogP contribution >= 0.6 is 22.0 Å². The molecule has 0 N–H and O–H groups in total. The minimum atomic E-state index is -3.56. The van der Waals surface area contributed by atoms with E-state index in [-0.39, 0.29) is 24.0 Å². The predicted molar refractivity (Wildman–Crippen MR) is 67.0 cm³/mol. The molecular formula is C9H11ClN2O3S2. The minimum absolute atomic E-state index is 0.0929. The van der Waals surface area contributed by atoms with Gasteiger partial charge >= 0.3 is 0 Å². The molecule has 5 nitrogen and oxygen atoms in total. The van der Waals surface area contributed by atoms with Gasteiger partial charge in [0.25, 0.3) is 0 Å². The highest BCUT2D eigenvalue weighted by Gasteiger charge is 2.34. The summed E-state index contributed by atoms with van der Waals surface area (Å²) in [5, 5.41) is 0.627. The lowest BCUT2D eigenvalue weighted by Gasteiger charge is -2.12. The van der Waals surface area contributed by atoms with Crippen molar-refractivity contribution in [1.82, 2.24) is 4.98 Å². The van der Waals surface area contributed by atoms with Crippen LogP contribution in [0.4, 0.5) is 5.13 Å². The van der Waals surface area contributed by atoms with Gasteiger partial charge in [-0.3, -0.25) is 9.69 Å². The fourth-order valence-electron chi connectivity index (χ4n) is 1.83. The minimum Gasteiger partial charge on any atom is -0.288 e. The maximum absolute atomic E-state index is 11.7. The van der Waals surface area contributed by atoms with Gasteiger partial charge in [-0.2, -0.15) is 0 Å². The van der Waals surface area contributed by atoms with Gasteiger partial charge in [0.2, 0.25) is 15.0 Å². The molecule has 0 bridgehead atoms. The van der Waals surface area contributed by atoms with E-state index in [4.69, 9.17) is 10.7 Å². The van der Waals surface area contributed by atoms with E-state index < -0.39 is 9.05 Å². The number of halogens is 1. The van der Waals surface area contributed by atoms with Crippen molar-refractivity contribution in [2.75, 3.05) is 17.2 Å². The van der Waals surface area contributed by atoms with E-state index in [0.717, 1.165) is 4.88 Å². The average molecular weight is 295 g/mol. The molecule has 1 saturated heterocycles. The molecule has 2 rings (SSSR count). The highest BCUT2D eigenvalue weighted by Crippen LogP contribution is 2.29. The van der Waals surface area contributed by atoms with Gasteiger partial charge < -0.3 is 0 Å². The van der Waals surface area contributed by atoms with Gasteiger partial charge in [-0.05, 0) is 6.92 Å². The summed E-state index contributed by atoms with van der Waals surface area (Å²) in [7, 11) is 1.63. The van der Waals surface area contributed by atoms with Crippen LogP contribution in [0.1, 0.15) is 11.3 Å². The quantitative estimate of drug-likeness (QED) is 0.790.